The van der Waals surface area contributed by atoms with E-state index in [-0.39, 0.29) is 16.7 Å². The Labute approximate surface area is 130 Å². The van der Waals surface area contributed by atoms with Crippen molar-refractivity contribution in [1.82, 2.24) is 4.72 Å². The summed E-state index contributed by atoms with van der Waals surface area (Å²) in [6, 6.07) is 6.21. The van der Waals surface area contributed by atoms with Gasteiger partial charge in [0.05, 0.1) is 4.90 Å². The molecule has 0 aliphatic heterocycles. The largest absolute Gasteiger partial charge is 0.295 e. The first-order valence-electron chi connectivity index (χ1n) is 7.08. The molecule has 116 valence electrons. The highest BCUT2D eigenvalue weighted by Crippen LogP contribution is 2.27. The van der Waals surface area contributed by atoms with Crippen LogP contribution in [0.3, 0.4) is 0 Å². The van der Waals surface area contributed by atoms with Crippen molar-refractivity contribution in [2.75, 3.05) is 6.26 Å². The Morgan fingerprint density at radius 3 is 2.48 bits per heavy atom. The van der Waals surface area contributed by atoms with Gasteiger partial charge in [0.15, 0.2) is 5.78 Å². The van der Waals surface area contributed by atoms with Crippen LogP contribution in [0, 0.1) is 0 Å². The topological polar surface area (TPSA) is 63.2 Å². The van der Waals surface area contributed by atoms with Crippen molar-refractivity contribution >= 4 is 27.6 Å². The van der Waals surface area contributed by atoms with Crippen molar-refractivity contribution in [2.45, 2.75) is 48.8 Å². The summed E-state index contributed by atoms with van der Waals surface area (Å²) in [5.41, 5.74) is 0.420. The van der Waals surface area contributed by atoms with E-state index in [1.165, 1.54) is 19.1 Å². The number of Topliss-reactive ketones (excluding diaryl/α,β-unsaturated/α-hetero) is 1. The van der Waals surface area contributed by atoms with Gasteiger partial charge in [0, 0.05) is 16.9 Å². The molecule has 1 saturated carbocycles. The fourth-order valence-electron chi connectivity index (χ4n) is 2.59. The molecule has 0 heterocycles. The van der Waals surface area contributed by atoms with Gasteiger partial charge in [-0.2, -0.15) is 11.8 Å². The number of hydrogen-bond donors (Lipinski definition) is 1. The minimum absolute atomic E-state index is 0.000570. The molecule has 0 aromatic heterocycles. The summed E-state index contributed by atoms with van der Waals surface area (Å²) < 4.78 is 27.6. The van der Waals surface area contributed by atoms with Crippen LogP contribution in [0.25, 0.3) is 0 Å². The molecule has 1 fully saturated rings. The molecule has 0 unspecified atom stereocenters. The van der Waals surface area contributed by atoms with Crippen LogP contribution in [0.1, 0.15) is 43.0 Å². The van der Waals surface area contributed by atoms with Gasteiger partial charge in [-0.3, -0.25) is 4.79 Å². The smallest absolute Gasteiger partial charge is 0.240 e. The average Bonchev–Trinajstić information content (AvgIpc) is 2.48. The van der Waals surface area contributed by atoms with E-state index in [0.29, 0.717) is 10.8 Å². The van der Waals surface area contributed by atoms with Gasteiger partial charge in [-0.05, 0) is 51.0 Å². The van der Waals surface area contributed by atoms with Gasteiger partial charge >= 0.3 is 0 Å². The third kappa shape index (κ3) is 4.31. The van der Waals surface area contributed by atoms with Crippen LogP contribution in [0.5, 0.6) is 0 Å². The summed E-state index contributed by atoms with van der Waals surface area (Å²) in [5, 5.41) is 0.645. The molecule has 0 bridgehead atoms. The van der Waals surface area contributed by atoms with Crippen LogP contribution in [0.15, 0.2) is 29.2 Å². The van der Waals surface area contributed by atoms with E-state index in [0.717, 1.165) is 25.7 Å². The molecule has 0 spiro atoms. The van der Waals surface area contributed by atoms with E-state index in [9.17, 15) is 13.2 Å². The Bertz CT molecular complexity index is 605. The highest BCUT2D eigenvalue weighted by molar-refractivity contribution is 7.99. The first-order chi connectivity index (χ1) is 9.92. The van der Waals surface area contributed by atoms with Gasteiger partial charge in [0.1, 0.15) is 0 Å². The predicted molar refractivity (Wildman–Crippen MR) is 86.3 cm³/mol. The summed E-state index contributed by atoms with van der Waals surface area (Å²) in [6.07, 6.45) is 5.93. The van der Waals surface area contributed by atoms with E-state index < -0.39 is 10.0 Å². The molecule has 4 nitrogen and oxygen atoms in total. The SMILES string of the molecule is CSC1CCC(NS(=O)(=O)c2cccc(C(C)=O)c2)CC1. The van der Waals surface area contributed by atoms with Crippen LogP contribution < -0.4 is 4.72 Å². The Kier molecular flexibility index (Phi) is 5.46. The summed E-state index contributed by atoms with van der Waals surface area (Å²) >= 11 is 1.85. The van der Waals surface area contributed by atoms with Gasteiger partial charge in [-0.15, -0.1) is 0 Å². The van der Waals surface area contributed by atoms with Crippen LogP contribution in [0.4, 0.5) is 0 Å². The molecule has 0 saturated heterocycles. The number of sulfonamides is 1. The molecule has 1 aromatic rings. The Balaban J connectivity index is 2.08. The number of thioether (sulfide) groups is 1. The van der Waals surface area contributed by atoms with E-state index in [1.54, 1.807) is 12.1 Å². The molecule has 21 heavy (non-hydrogen) atoms. The van der Waals surface area contributed by atoms with Crippen molar-refractivity contribution in [1.29, 1.82) is 0 Å². The first-order valence-corrected chi connectivity index (χ1v) is 9.85. The van der Waals surface area contributed by atoms with E-state index >= 15 is 0 Å². The van der Waals surface area contributed by atoms with Crippen LogP contribution in [-0.4, -0.2) is 31.7 Å². The lowest BCUT2D eigenvalue weighted by molar-refractivity contribution is 0.101. The van der Waals surface area contributed by atoms with Crippen molar-refractivity contribution < 1.29 is 13.2 Å². The van der Waals surface area contributed by atoms with Gasteiger partial charge in [0.2, 0.25) is 10.0 Å². The molecule has 1 aromatic carbocycles. The van der Waals surface area contributed by atoms with E-state index in [2.05, 4.69) is 11.0 Å². The van der Waals surface area contributed by atoms with Gasteiger partial charge in [-0.25, -0.2) is 13.1 Å². The number of nitrogens with one attached hydrogen (secondary N) is 1. The quantitative estimate of drug-likeness (QED) is 0.845. The fourth-order valence-corrected chi connectivity index (χ4v) is 4.68. The molecular weight excluding hydrogens is 306 g/mol. The Hall–Kier alpha value is -0.850. The zero-order valence-corrected chi connectivity index (χ0v) is 14.0. The maximum Gasteiger partial charge on any atom is 0.240 e. The number of carbonyl (C=O) groups is 1. The fraction of sp³-hybridized carbons (Fsp3) is 0.533. The molecule has 2 rings (SSSR count). The van der Waals surface area contributed by atoms with Crippen LogP contribution in [0.2, 0.25) is 0 Å². The number of rotatable bonds is 5. The van der Waals surface area contributed by atoms with E-state index in [1.807, 2.05) is 11.8 Å². The van der Waals surface area contributed by atoms with E-state index in [4.69, 9.17) is 0 Å². The first kappa shape index (κ1) is 16.5. The zero-order valence-electron chi connectivity index (χ0n) is 12.3. The number of hydrogen-bond acceptors (Lipinski definition) is 4. The van der Waals surface area contributed by atoms with Crippen molar-refractivity contribution in [3.63, 3.8) is 0 Å². The van der Waals surface area contributed by atoms with Crippen LogP contribution >= 0.6 is 11.8 Å². The molecule has 0 atom stereocenters. The van der Waals surface area contributed by atoms with Crippen molar-refractivity contribution in [3.05, 3.63) is 29.8 Å². The normalized spacial score (nSPS) is 23.0. The predicted octanol–water partition coefficient (Wildman–Crippen LogP) is 2.84. The zero-order chi connectivity index (χ0) is 15.5. The molecule has 1 aliphatic rings. The highest BCUT2D eigenvalue weighted by atomic mass is 32.2. The lowest BCUT2D eigenvalue weighted by Crippen LogP contribution is -2.38. The standard InChI is InChI=1S/C15H21NO3S2/c1-11(17)12-4-3-5-15(10-12)21(18,19)16-13-6-8-14(20-2)9-7-13/h3-5,10,13-14,16H,6-9H2,1-2H3. The van der Waals surface area contributed by atoms with Crippen LogP contribution in [-0.2, 0) is 10.0 Å². The molecule has 1 N–H and O–H groups in total. The molecule has 1 aliphatic carbocycles. The second-order valence-corrected chi connectivity index (χ2v) is 8.27. The summed E-state index contributed by atoms with van der Waals surface area (Å²) in [6.45, 7) is 1.43. The second kappa shape index (κ2) is 6.94. The van der Waals surface area contributed by atoms with Crippen molar-refractivity contribution in [2.24, 2.45) is 0 Å². The summed E-state index contributed by atoms with van der Waals surface area (Å²) in [5.74, 6) is -0.132. The van der Waals surface area contributed by atoms with Gasteiger partial charge in [0.25, 0.3) is 0 Å². The molecule has 0 radical (unpaired) electrons. The minimum Gasteiger partial charge on any atom is -0.295 e. The molecule has 6 heteroatoms. The minimum atomic E-state index is -3.55. The molecular formula is C15H21NO3S2. The summed E-state index contributed by atoms with van der Waals surface area (Å²) in [4.78, 5) is 11.5. The monoisotopic (exact) mass is 327 g/mol. The number of carbonyl (C=O) groups excluding carboxylic acids is 1. The van der Waals surface area contributed by atoms with Gasteiger partial charge < -0.3 is 0 Å². The number of ketones is 1. The third-order valence-electron chi connectivity index (χ3n) is 3.88. The summed E-state index contributed by atoms with van der Waals surface area (Å²) in [7, 11) is -3.55. The number of benzene rings is 1. The third-order valence-corrected chi connectivity index (χ3v) is 6.54. The van der Waals surface area contributed by atoms with Gasteiger partial charge in [-0.1, -0.05) is 12.1 Å². The average molecular weight is 327 g/mol. The Morgan fingerprint density at radius 2 is 1.90 bits per heavy atom. The Morgan fingerprint density at radius 1 is 1.24 bits per heavy atom. The highest BCUT2D eigenvalue weighted by Gasteiger charge is 2.25. The maximum atomic E-state index is 12.4. The molecule has 0 amide bonds. The second-order valence-electron chi connectivity index (χ2n) is 5.41. The lowest BCUT2D eigenvalue weighted by atomic mass is 9.96. The lowest BCUT2D eigenvalue weighted by Gasteiger charge is -2.27. The van der Waals surface area contributed by atoms with Crippen molar-refractivity contribution in [3.8, 4) is 0 Å². The maximum absolute atomic E-state index is 12.4.